The van der Waals surface area contributed by atoms with E-state index in [-0.39, 0.29) is 12.4 Å². The Kier molecular flexibility index (Phi) is 7.50. The fraction of sp³-hybridized carbons (Fsp3) is 0.600. The smallest absolute Gasteiger partial charge is 0.435 e. The van der Waals surface area contributed by atoms with Crippen LogP contribution in [0.15, 0.2) is 12.2 Å². The summed E-state index contributed by atoms with van der Waals surface area (Å²) in [6.07, 6.45) is 4.04. The molecule has 0 aromatic carbocycles. The first-order valence-corrected chi connectivity index (χ1v) is 4.60. The Hall–Kier alpha value is -1.32. The Bertz CT molecular complexity index is 208. The van der Waals surface area contributed by atoms with Gasteiger partial charge >= 0.3 is 6.16 Å². The Labute approximate surface area is 83.9 Å². The van der Waals surface area contributed by atoms with Crippen molar-refractivity contribution in [2.45, 2.75) is 26.7 Å². The second-order valence-electron chi connectivity index (χ2n) is 2.71. The predicted molar refractivity (Wildman–Crippen MR) is 52.0 cm³/mol. The third kappa shape index (κ3) is 8.77. The van der Waals surface area contributed by atoms with Gasteiger partial charge in [0.1, 0.15) is 12.4 Å². The molecule has 0 saturated heterocycles. The zero-order valence-electron chi connectivity index (χ0n) is 8.62. The minimum Gasteiger partial charge on any atom is -0.435 e. The summed E-state index contributed by atoms with van der Waals surface area (Å²) in [5.74, 6) is 0.154. The average Bonchev–Trinajstić information content (AvgIpc) is 2.11. The van der Waals surface area contributed by atoms with Crippen molar-refractivity contribution in [2.24, 2.45) is 0 Å². The summed E-state index contributed by atoms with van der Waals surface area (Å²) < 4.78 is 9.19. The first-order chi connectivity index (χ1) is 6.66. The van der Waals surface area contributed by atoms with Crippen molar-refractivity contribution in [3.63, 3.8) is 0 Å². The van der Waals surface area contributed by atoms with Crippen LogP contribution in [0.5, 0.6) is 0 Å². The van der Waals surface area contributed by atoms with Gasteiger partial charge in [-0.15, -0.1) is 0 Å². The predicted octanol–water partition coefficient (Wildman–Crippen LogP) is 2.08. The number of carbonyl (C=O) groups is 2. The Morgan fingerprint density at radius 3 is 2.50 bits per heavy atom. The quantitative estimate of drug-likeness (QED) is 0.486. The van der Waals surface area contributed by atoms with Crippen LogP contribution in [-0.2, 0) is 14.3 Å². The molecule has 0 fully saturated rings. The molecule has 0 aliphatic rings. The number of Topliss-reactive ketones (excluding diaryl/α,β-unsaturated/α-hetero) is 1. The Morgan fingerprint density at radius 1 is 1.21 bits per heavy atom. The highest BCUT2D eigenvalue weighted by molar-refractivity contribution is 5.75. The fourth-order valence-corrected chi connectivity index (χ4v) is 0.748. The van der Waals surface area contributed by atoms with E-state index in [1.54, 1.807) is 26.0 Å². The van der Waals surface area contributed by atoms with Gasteiger partial charge in [-0.1, -0.05) is 12.2 Å². The molecule has 0 radical (unpaired) electrons. The van der Waals surface area contributed by atoms with Crippen LogP contribution < -0.4 is 0 Å². The second-order valence-corrected chi connectivity index (χ2v) is 2.71. The lowest BCUT2D eigenvalue weighted by Crippen LogP contribution is -2.06. The lowest BCUT2D eigenvalue weighted by atomic mass is 10.2. The molecule has 80 valence electrons. The summed E-state index contributed by atoms with van der Waals surface area (Å²) in [6.45, 7) is 3.76. The number of ether oxygens (including phenoxy) is 2. The van der Waals surface area contributed by atoms with Crippen molar-refractivity contribution < 1.29 is 19.1 Å². The van der Waals surface area contributed by atoms with Gasteiger partial charge in [0.2, 0.25) is 0 Å². The fourth-order valence-electron chi connectivity index (χ4n) is 0.748. The zero-order chi connectivity index (χ0) is 10.8. The van der Waals surface area contributed by atoms with Gasteiger partial charge in [0.05, 0.1) is 6.61 Å². The molecule has 0 rings (SSSR count). The van der Waals surface area contributed by atoms with Crippen LogP contribution in [0.4, 0.5) is 4.79 Å². The SMILES string of the molecule is CCOC(=O)OC/C=C/CCC(C)=O. The van der Waals surface area contributed by atoms with Gasteiger partial charge in [-0.3, -0.25) is 0 Å². The average molecular weight is 200 g/mol. The molecule has 0 saturated carbocycles. The van der Waals surface area contributed by atoms with Crippen molar-refractivity contribution >= 4 is 11.9 Å². The van der Waals surface area contributed by atoms with Gasteiger partial charge in [-0.25, -0.2) is 4.79 Å². The first kappa shape index (κ1) is 12.7. The van der Waals surface area contributed by atoms with E-state index < -0.39 is 6.16 Å². The van der Waals surface area contributed by atoms with Gasteiger partial charge in [0.15, 0.2) is 0 Å². The summed E-state index contributed by atoms with van der Waals surface area (Å²) in [5.41, 5.74) is 0. The number of carbonyl (C=O) groups excluding carboxylic acids is 2. The molecular weight excluding hydrogens is 184 g/mol. The van der Waals surface area contributed by atoms with Crippen LogP contribution in [0.2, 0.25) is 0 Å². The lowest BCUT2D eigenvalue weighted by molar-refractivity contribution is -0.116. The maximum atomic E-state index is 10.7. The molecule has 0 unspecified atom stereocenters. The van der Waals surface area contributed by atoms with Gasteiger partial charge in [-0.05, 0) is 20.3 Å². The van der Waals surface area contributed by atoms with Crippen LogP contribution in [0.25, 0.3) is 0 Å². The summed E-state index contributed by atoms with van der Waals surface area (Å²) in [4.78, 5) is 21.2. The number of allylic oxidation sites excluding steroid dienone is 1. The van der Waals surface area contributed by atoms with Crippen molar-refractivity contribution in [3.05, 3.63) is 12.2 Å². The Morgan fingerprint density at radius 2 is 1.93 bits per heavy atom. The molecule has 0 heterocycles. The monoisotopic (exact) mass is 200 g/mol. The standard InChI is InChI=1S/C10H16O4/c1-3-13-10(12)14-8-6-4-5-7-9(2)11/h4,6H,3,5,7-8H2,1-2H3/b6-4+. The maximum absolute atomic E-state index is 10.7. The molecule has 0 atom stereocenters. The van der Waals surface area contributed by atoms with Crippen LogP contribution >= 0.6 is 0 Å². The highest BCUT2D eigenvalue weighted by Crippen LogP contribution is 1.92. The molecule has 0 bridgehead atoms. The third-order valence-electron chi connectivity index (χ3n) is 1.39. The van der Waals surface area contributed by atoms with Crippen molar-refractivity contribution in [3.8, 4) is 0 Å². The first-order valence-electron chi connectivity index (χ1n) is 4.60. The summed E-state index contributed by atoms with van der Waals surface area (Å²) in [6, 6.07) is 0. The summed E-state index contributed by atoms with van der Waals surface area (Å²) in [7, 11) is 0. The highest BCUT2D eigenvalue weighted by atomic mass is 16.7. The largest absolute Gasteiger partial charge is 0.508 e. The summed E-state index contributed by atoms with van der Waals surface area (Å²) >= 11 is 0. The number of rotatable bonds is 6. The molecular formula is C10H16O4. The van der Waals surface area contributed by atoms with E-state index in [9.17, 15) is 9.59 Å². The van der Waals surface area contributed by atoms with Gasteiger partial charge in [0, 0.05) is 6.42 Å². The topological polar surface area (TPSA) is 52.6 Å². The minimum atomic E-state index is -0.663. The van der Waals surface area contributed by atoms with E-state index in [1.807, 2.05) is 0 Å². The molecule has 0 aromatic heterocycles. The van der Waals surface area contributed by atoms with Crippen molar-refractivity contribution in [2.75, 3.05) is 13.2 Å². The van der Waals surface area contributed by atoms with Crippen LogP contribution in [0.1, 0.15) is 26.7 Å². The van der Waals surface area contributed by atoms with Gasteiger partial charge < -0.3 is 14.3 Å². The van der Waals surface area contributed by atoms with E-state index in [0.717, 1.165) is 0 Å². The molecule has 4 nitrogen and oxygen atoms in total. The second kappa shape index (κ2) is 8.29. The molecule has 0 aromatic rings. The van der Waals surface area contributed by atoms with Gasteiger partial charge in [0.25, 0.3) is 0 Å². The van der Waals surface area contributed by atoms with E-state index >= 15 is 0 Å². The Balaban J connectivity index is 3.35. The molecule has 0 spiro atoms. The van der Waals surface area contributed by atoms with Crippen molar-refractivity contribution in [1.29, 1.82) is 0 Å². The van der Waals surface area contributed by atoms with E-state index in [1.165, 1.54) is 0 Å². The molecule has 0 amide bonds. The van der Waals surface area contributed by atoms with E-state index in [2.05, 4.69) is 9.47 Å². The van der Waals surface area contributed by atoms with Crippen LogP contribution in [0, 0.1) is 0 Å². The highest BCUT2D eigenvalue weighted by Gasteiger charge is 1.98. The van der Waals surface area contributed by atoms with Crippen LogP contribution in [-0.4, -0.2) is 25.2 Å². The minimum absolute atomic E-state index is 0.154. The summed E-state index contributed by atoms with van der Waals surface area (Å²) in [5, 5.41) is 0. The van der Waals surface area contributed by atoms with E-state index in [0.29, 0.717) is 19.4 Å². The molecule has 4 heteroatoms. The normalized spacial score (nSPS) is 10.1. The van der Waals surface area contributed by atoms with Gasteiger partial charge in [-0.2, -0.15) is 0 Å². The lowest BCUT2D eigenvalue weighted by Gasteiger charge is -2.00. The molecule has 0 N–H and O–H groups in total. The number of ketones is 1. The van der Waals surface area contributed by atoms with E-state index in [4.69, 9.17) is 0 Å². The number of hydrogen-bond acceptors (Lipinski definition) is 4. The van der Waals surface area contributed by atoms with Crippen LogP contribution in [0.3, 0.4) is 0 Å². The number of hydrogen-bond donors (Lipinski definition) is 0. The molecule has 14 heavy (non-hydrogen) atoms. The molecule has 0 aliphatic heterocycles. The zero-order valence-corrected chi connectivity index (χ0v) is 8.62. The third-order valence-corrected chi connectivity index (χ3v) is 1.39. The van der Waals surface area contributed by atoms with Crippen molar-refractivity contribution in [1.82, 2.24) is 0 Å². The molecule has 0 aliphatic carbocycles. The maximum Gasteiger partial charge on any atom is 0.508 e.